The molecular weight excluding hydrogens is 120 g/mol. The average molecular weight is 130 g/mol. The molecule has 0 aromatic heterocycles. The molecule has 0 aromatic carbocycles. The van der Waals surface area contributed by atoms with E-state index in [1.54, 1.807) is 13.0 Å². The second kappa shape index (κ2) is 3.61. The summed E-state index contributed by atoms with van der Waals surface area (Å²) in [4.78, 5) is 0.713. The Morgan fingerprint density at radius 1 is 1.88 bits per heavy atom. The van der Waals surface area contributed by atoms with Crippen LogP contribution in [0.25, 0.3) is 0 Å². The molecule has 0 N–H and O–H groups in total. The third kappa shape index (κ3) is 2.75. The molecule has 0 fully saturated rings. The molecule has 0 amide bonds. The van der Waals surface area contributed by atoms with Gasteiger partial charge in [-0.1, -0.05) is 12.7 Å². The van der Waals surface area contributed by atoms with Crippen LogP contribution in [0.2, 0.25) is 0 Å². The van der Waals surface area contributed by atoms with Crippen LogP contribution in [0.3, 0.4) is 0 Å². The van der Waals surface area contributed by atoms with Crippen LogP contribution < -0.4 is 0 Å². The lowest BCUT2D eigenvalue weighted by molar-refractivity contribution is 0.688. The minimum atomic E-state index is -0.884. The predicted molar refractivity (Wildman–Crippen MR) is 38.0 cm³/mol. The topological polar surface area (TPSA) is 17.1 Å². The first kappa shape index (κ1) is 7.63. The number of hydrogen-bond donors (Lipinski definition) is 0. The van der Waals surface area contributed by atoms with Crippen LogP contribution in [0.5, 0.6) is 0 Å². The van der Waals surface area contributed by atoms with Crippen molar-refractivity contribution in [1.29, 1.82) is 0 Å². The van der Waals surface area contributed by atoms with Crippen molar-refractivity contribution in [2.45, 2.75) is 6.92 Å². The largest absolute Gasteiger partial charge is 0.254 e. The second-order valence-corrected chi connectivity index (χ2v) is 3.22. The van der Waals surface area contributed by atoms with Crippen molar-refractivity contribution in [1.82, 2.24) is 0 Å². The Kier molecular flexibility index (Phi) is 3.44. The Morgan fingerprint density at radius 3 is 2.50 bits per heavy atom. The molecule has 0 radical (unpaired) electrons. The highest BCUT2D eigenvalue weighted by Gasteiger charge is 1.92. The Labute approximate surface area is 52.6 Å². The van der Waals surface area contributed by atoms with Crippen molar-refractivity contribution in [3.8, 4) is 0 Å². The van der Waals surface area contributed by atoms with Gasteiger partial charge >= 0.3 is 0 Å². The van der Waals surface area contributed by atoms with E-state index >= 15 is 0 Å². The Morgan fingerprint density at radius 2 is 2.38 bits per heavy atom. The molecule has 0 saturated heterocycles. The Hall–Kier alpha value is -0.370. The monoisotopic (exact) mass is 130 g/mol. The van der Waals surface area contributed by atoms with Crippen LogP contribution >= 0.6 is 0 Å². The van der Waals surface area contributed by atoms with Gasteiger partial charge in [-0.15, -0.1) is 6.58 Å². The molecule has 8 heavy (non-hydrogen) atoms. The minimum Gasteiger partial charge on any atom is -0.254 e. The zero-order valence-corrected chi connectivity index (χ0v) is 5.83. The van der Waals surface area contributed by atoms with E-state index in [2.05, 4.69) is 13.2 Å². The van der Waals surface area contributed by atoms with Gasteiger partial charge in [0.15, 0.2) is 0 Å². The summed E-state index contributed by atoms with van der Waals surface area (Å²) >= 11 is 0. The summed E-state index contributed by atoms with van der Waals surface area (Å²) in [6.07, 6.45) is 1.63. The van der Waals surface area contributed by atoms with E-state index in [1.807, 2.05) is 0 Å². The normalized spacial score (nSPS) is 12.6. The van der Waals surface area contributed by atoms with Crippen molar-refractivity contribution in [3.63, 3.8) is 0 Å². The summed E-state index contributed by atoms with van der Waals surface area (Å²) in [5.74, 6) is 0.523. The Bertz CT molecular complexity index is 126. The van der Waals surface area contributed by atoms with Crippen molar-refractivity contribution >= 4 is 10.8 Å². The minimum absolute atomic E-state index is 0.523. The highest BCUT2D eigenvalue weighted by molar-refractivity contribution is 7.89. The van der Waals surface area contributed by atoms with Crippen molar-refractivity contribution in [2.24, 2.45) is 0 Å². The first-order chi connectivity index (χ1) is 3.68. The molecule has 0 heterocycles. The third-order valence-corrected chi connectivity index (χ3v) is 1.97. The molecule has 0 bridgehead atoms. The molecule has 46 valence electrons. The molecule has 0 aliphatic rings. The van der Waals surface area contributed by atoms with E-state index in [9.17, 15) is 4.21 Å². The summed E-state index contributed by atoms with van der Waals surface area (Å²) in [5, 5.41) is 0. The van der Waals surface area contributed by atoms with Gasteiger partial charge < -0.3 is 0 Å². The maximum Gasteiger partial charge on any atom is 0.0517 e. The van der Waals surface area contributed by atoms with Gasteiger partial charge in [0.1, 0.15) is 0 Å². The zero-order chi connectivity index (χ0) is 6.57. The number of allylic oxidation sites excluding steroid dienone is 1. The lowest BCUT2D eigenvalue weighted by Crippen LogP contribution is -1.92. The van der Waals surface area contributed by atoms with Crippen LogP contribution in [-0.4, -0.2) is 9.96 Å². The van der Waals surface area contributed by atoms with E-state index in [1.165, 1.54) is 0 Å². The summed E-state index contributed by atoms with van der Waals surface area (Å²) in [5.41, 5.74) is 0. The molecule has 1 nitrogen and oxygen atoms in total. The van der Waals surface area contributed by atoms with E-state index in [0.29, 0.717) is 10.7 Å². The standard InChI is InChI=1S/C6H10OS/c1-4-5-8(7)6(2)3/h4H,1-2,5H2,3H3. The Balaban J connectivity index is 3.65. The smallest absolute Gasteiger partial charge is 0.0517 e. The fraction of sp³-hybridized carbons (Fsp3) is 0.333. The van der Waals surface area contributed by atoms with Gasteiger partial charge in [0.2, 0.25) is 0 Å². The zero-order valence-electron chi connectivity index (χ0n) is 5.02. The quantitative estimate of drug-likeness (QED) is 0.528. The van der Waals surface area contributed by atoms with Crippen LogP contribution in [0, 0.1) is 0 Å². The second-order valence-electron chi connectivity index (χ2n) is 1.50. The van der Waals surface area contributed by atoms with Crippen LogP contribution in [0.1, 0.15) is 6.92 Å². The van der Waals surface area contributed by atoms with Crippen molar-refractivity contribution < 1.29 is 4.21 Å². The summed E-state index contributed by atoms with van der Waals surface area (Å²) in [6, 6.07) is 0. The van der Waals surface area contributed by atoms with Gasteiger partial charge in [-0.2, -0.15) is 0 Å². The molecular formula is C6H10OS. The summed E-state index contributed by atoms with van der Waals surface area (Å²) in [6.45, 7) is 8.72. The molecule has 2 heteroatoms. The van der Waals surface area contributed by atoms with E-state index in [0.717, 1.165) is 0 Å². The van der Waals surface area contributed by atoms with Crippen LogP contribution in [0.4, 0.5) is 0 Å². The molecule has 1 atom stereocenters. The molecule has 0 saturated carbocycles. The molecule has 0 spiro atoms. The van der Waals surface area contributed by atoms with Gasteiger partial charge in [-0.05, 0) is 6.92 Å². The molecule has 0 aliphatic carbocycles. The van der Waals surface area contributed by atoms with Crippen molar-refractivity contribution in [3.05, 3.63) is 24.1 Å². The van der Waals surface area contributed by atoms with Gasteiger partial charge in [-0.25, -0.2) is 0 Å². The fourth-order valence-electron chi connectivity index (χ4n) is 0.249. The highest BCUT2D eigenvalue weighted by atomic mass is 32.2. The molecule has 0 rings (SSSR count). The maximum atomic E-state index is 10.7. The van der Waals surface area contributed by atoms with Gasteiger partial charge in [-0.3, -0.25) is 4.21 Å². The van der Waals surface area contributed by atoms with Gasteiger partial charge in [0, 0.05) is 10.7 Å². The van der Waals surface area contributed by atoms with Crippen LogP contribution in [-0.2, 0) is 10.8 Å². The van der Waals surface area contributed by atoms with Gasteiger partial charge in [0.05, 0.1) is 10.8 Å². The highest BCUT2D eigenvalue weighted by Crippen LogP contribution is 1.95. The first-order valence-corrected chi connectivity index (χ1v) is 3.65. The summed E-state index contributed by atoms with van der Waals surface area (Å²) in [7, 11) is -0.884. The third-order valence-electron chi connectivity index (χ3n) is 0.658. The number of hydrogen-bond acceptors (Lipinski definition) is 1. The molecule has 0 aliphatic heterocycles. The molecule has 0 aromatic rings. The number of rotatable bonds is 3. The van der Waals surface area contributed by atoms with Crippen molar-refractivity contribution in [2.75, 3.05) is 5.75 Å². The van der Waals surface area contributed by atoms with E-state index in [4.69, 9.17) is 0 Å². The van der Waals surface area contributed by atoms with E-state index in [-0.39, 0.29) is 0 Å². The van der Waals surface area contributed by atoms with Gasteiger partial charge in [0.25, 0.3) is 0 Å². The lowest BCUT2D eigenvalue weighted by Gasteiger charge is -1.91. The predicted octanol–water partition coefficient (Wildman–Crippen LogP) is 1.45. The summed E-state index contributed by atoms with van der Waals surface area (Å²) < 4.78 is 10.7. The lowest BCUT2D eigenvalue weighted by atomic mass is 10.7. The maximum absolute atomic E-state index is 10.7. The molecule has 1 unspecified atom stereocenters. The van der Waals surface area contributed by atoms with Crippen LogP contribution in [0.15, 0.2) is 24.1 Å². The average Bonchev–Trinajstić information content (AvgIpc) is 1.67. The fourth-order valence-corrected chi connectivity index (χ4v) is 0.748. The van der Waals surface area contributed by atoms with E-state index < -0.39 is 10.8 Å². The SMILES string of the molecule is C=CCS(=O)C(=C)C. The first-order valence-electron chi connectivity index (χ1n) is 2.33.